The second-order valence-electron chi connectivity index (χ2n) is 5.43. The Balaban J connectivity index is 1.35. The summed E-state index contributed by atoms with van der Waals surface area (Å²) >= 11 is 0. The van der Waals surface area contributed by atoms with Crippen molar-refractivity contribution in [2.24, 2.45) is 0 Å². The van der Waals surface area contributed by atoms with Crippen molar-refractivity contribution in [3.8, 4) is 0 Å². The molecule has 2 amide bonds. The number of carbonyl (C=O) groups is 1. The molecule has 2 aromatic carbocycles. The van der Waals surface area contributed by atoms with Gasteiger partial charge in [0.1, 0.15) is 12.4 Å². The van der Waals surface area contributed by atoms with Crippen LogP contribution in [0.25, 0.3) is 10.8 Å². The number of carbonyl (C=O) groups excluding carboxylic acids is 1. The number of benzene rings is 2. The van der Waals surface area contributed by atoms with E-state index >= 15 is 0 Å². The van der Waals surface area contributed by atoms with Crippen LogP contribution in [0.1, 0.15) is 12.2 Å². The van der Waals surface area contributed by atoms with Crippen LogP contribution >= 0.6 is 0 Å². The molecule has 3 aromatic rings. The molecule has 0 aliphatic heterocycles. The number of ether oxygens (including phenoxy) is 1. The normalized spacial score (nSPS) is 10.7. The van der Waals surface area contributed by atoms with Gasteiger partial charge < -0.3 is 19.8 Å². The molecule has 1 aromatic heterocycles. The SMILES string of the molecule is O=C(NCCCOCc1ccco1)Nc1ccc2ccccc2c1. The molecule has 5 nitrogen and oxygen atoms in total. The molecule has 0 atom stereocenters. The van der Waals surface area contributed by atoms with Crippen LogP contribution < -0.4 is 10.6 Å². The quantitative estimate of drug-likeness (QED) is 0.641. The molecule has 1 heterocycles. The molecule has 124 valence electrons. The predicted molar refractivity (Wildman–Crippen MR) is 94.0 cm³/mol. The summed E-state index contributed by atoms with van der Waals surface area (Å²) in [6.07, 6.45) is 2.36. The molecule has 0 aliphatic carbocycles. The van der Waals surface area contributed by atoms with E-state index in [2.05, 4.69) is 10.6 Å². The minimum atomic E-state index is -0.212. The van der Waals surface area contributed by atoms with Crippen LogP contribution in [0.3, 0.4) is 0 Å². The van der Waals surface area contributed by atoms with E-state index in [0.29, 0.717) is 19.8 Å². The Bertz CT molecular complexity index is 784. The molecule has 5 heteroatoms. The van der Waals surface area contributed by atoms with Crippen molar-refractivity contribution in [1.82, 2.24) is 5.32 Å². The summed E-state index contributed by atoms with van der Waals surface area (Å²) < 4.78 is 10.6. The summed E-state index contributed by atoms with van der Waals surface area (Å²) in [6, 6.07) is 17.4. The fraction of sp³-hybridized carbons (Fsp3) is 0.211. The van der Waals surface area contributed by atoms with Gasteiger partial charge in [-0.3, -0.25) is 0 Å². The van der Waals surface area contributed by atoms with Crippen molar-refractivity contribution in [2.45, 2.75) is 13.0 Å². The smallest absolute Gasteiger partial charge is 0.319 e. The van der Waals surface area contributed by atoms with Gasteiger partial charge in [0.15, 0.2) is 0 Å². The van der Waals surface area contributed by atoms with E-state index in [0.717, 1.165) is 28.6 Å². The zero-order valence-electron chi connectivity index (χ0n) is 13.3. The van der Waals surface area contributed by atoms with Gasteiger partial charge in [-0.15, -0.1) is 0 Å². The number of anilines is 1. The van der Waals surface area contributed by atoms with E-state index in [9.17, 15) is 4.79 Å². The van der Waals surface area contributed by atoms with Crippen LogP contribution in [0.2, 0.25) is 0 Å². The average Bonchev–Trinajstić information content (AvgIpc) is 3.11. The van der Waals surface area contributed by atoms with E-state index in [4.69, 9.17) is 9.15 Å². The van der Waals surface area contributed by atoms with Gasteiger partial charge in [-0.25, -0.2) is 4.79 Å². The minimum absolute atomic E-state index is 0.212. The summed E-state index contributed by atoms with van der Waals surface area (Å²) in [5.41, 5.74) is 0.778. The Morgan fingerprint density at radius 3 is 2.75 bits per heavy atom. The molecule has 2 N–H and O–H groups in total. The number of nitrogens with one attached hydrogen (secondary N) is 2. The van der Waals surface area contributed by atoms with Crippen LogP contribution in [-0.4, -0.2) is 19.2 Å². The Hall–Kier alpha value is -2.79. The first-order valence-electron chi connectivity index (χ1n) is 7.95. The van der Waals surface area contributed by atoms with Gasteiger partial charge in [0.05, 0.1) is 6.26 Å². The standard InChI is InChI=1S/C19H20N2O3/c22-19(20-10-4-11-23-14-18-7-3-12-24-18)21-17-9-8-15-5-1-2-6-16(15)13-17/h1-3,5-9,12-13H,4,10-11,14H2,(H2,20,21,22). The summed E-state index contributed by atoms with van der Waals surface area (Å²) in [6.45, 7) is 1.57. The highest BCUT2D eigenvalue weighted by Gasteiger charge is 2.02. The molecular weight excluding hydrogens is 304 g/mol. The first-order chi connectivity index (χ1) is 11.8. The zero-order chi connectivity index (χ0) is 16.6. The van der Waals surface area contributed by atoms with Crippen molar-refractivity contribution in [2.75, 3.05) is 18.5 Å². The van der Waals surface area contributed by atoms with E-state index in [1.807, 2.05) is 54.6 Å². The molecule has 0 saturated carbocycles. The molecule has 0 aliphatic rings. The van der Waals surface area contributed by atoms with E-state index in [-0.39, 0.29) is 6.03 Å². The zero-order valence-corrected chi connectivity index (χ0v) is 13.3. The number of amides is 2. The van der Waals surface area contributed by atoms with E-state index in [1.54, 1.807) is 6.26 Å². The molecule has 0 bridgehead atoms. The Kier molecular flexibility index (Phi) is 5.48. The highest BCUT2D eigenvalue weighted by molar-refractivity contribution is 5.93. The first-order valence-corrected chi connectivity index (χ1v) is 7.95. The average molecular weight is 324 g/mol. The number of furan rings is 1. The van der Waals surface area contributed by atoms with E-state index < -0.39 is 0 Å². The maximum absolute atomic E-state index is 11.9. The molecule has 0 fully saturated rings. The topological polar surface area (TPSA) is 63.5 Å². The van der Waals surface area contributed by atoms with Gasteiger partial charge in [-0.2, -0.15) is 0 Å². The van der Waals surface area contributed by atoms with Crippen molar-refractivity contribution in [1.29, 1.82) is 0 Å². The molecule has 0 spiro atoms. The lowest BCUT2D eigenvalue weighted by molar-refractivity contribution is 0.104. The lowest BCUT2D eigenvalue weighted by Gasteiger charge is -2.08. The van der Waals surface area contributed by atoms with Gasteiger partial charge in [0, 0.05) is 18.8 Å². The van der Waals surface area contributed by atoms with Gasteiger partial charge in [0.2, 0.25) is 0 Å². The van der Waals surface area contributed by atoms with Crippen molar-refractivity contribution in [3.05, 3.63) is 66.6 Å². The summed E-state index contributed by atoms with van der Waals surface area (Å²) in [4.78, 5) is 11.9. The van der Waals surface area contributed by atoms with Crippen LogP contribution in [0.5, 0.6) is 0 Å². The largest absolute Gasteiger partial charge is 0.467 e. The van der Waals surface area contributed by atoms with Gasteiger partial charge >= 0.3 is 6.03 Å². The molecule has 24 heavy (non-hydrogen) atoms. The maximum atomic E-state index is 11.9. The number of hydrogen-bond donors (Lipinski definition) is 2. The summed E-state index contributed by atoms with van der Waals surface area (Å²) in [7, 11) is 0. The third kappa shape index (κ3) is 4.60. The summed E-state index contributed by atoms with van der Waals surface area (Å²) in [5, 5.41) is 7.91. The van der Waals surface area contributed by atoms with Crippen LogP contribution in [-0.2, 0) is 11.3 Å². The van der Waals surface area contributed by atoms with Crippen LogP contribution in [0, 0.1) is 0 Å². The highest BCUT2D eigenvalue weighted by atomic mass is 16.5. The third-order valence-corrected chi connectivity index (χ3v) is 3.58. The molecule has 0 unspecified atom stereocenters. The van der Waals surface area contributed by atoms with Crippen LogP contribution in [0.15, 0.2) is 65.3 Å². The molecule has 3 rings (SSSR count). The molecule has 0 radical (unpaired) electrons. The Morgan fingerprint density at radius 1 is 1.04 bits per heavy atom. The van der Waals surface area contributed by atoms with Crippen LogP contribution in [0.4, 0.5) is 10.5 Å². The van der Waals surface area contributed by atoms with Gasteiger partial charge in [-0.05, 0) is 41.5 Å². The second-order valence-corrected chi connectivity index (χ2v) is 5.43. The third-order valence-electron chi connectivity index (χ3n) is 3.58. The van der Waals surface area contributed by atoms with Crippen molar-refractivity contribution >= 4 is 22.5 Å². The van der Waals surface area contributed by atoms with E-state index in [1.165, 1.54) is 0 Å². The fourth-order valence-electron chi connectivity index (χ4n) is 2.39. The van der Waals surface area contributed by atoms with Crippen molar-refractivity contribution in [3.63, 3.8) is 0 Å². The number of fused-ring (bicyclic) bond motifs is 1. The monoisotopic (exact) mass is 324 g/mol. The number of urea groups is 1. The summed E-state index contributed by atoms with van der Waals surface area (Å²) in [5.74, 6) is 0.803. The van der Waals surface area contributed by atoms with Gasteiger partial charge in [0.25, 0.3) is 0 Å². The number of rotatable bonds is 7. The minimum Gasteiger partial charge on any atom is -0.467 e. The second kappa shape index (κ2) is 8.17. The number of hydrogen-bond acceptors (Lipinski definition) is 3. The van der Waals surface area contributed by atoms with Gasteiger partial charge in [-0.1, -0.05) is 30.3 Å². The lowest BCUT2D eigenvalue weighted by Crippen LogP contribution is -2.30. The Morgan fingerprint density at radius 2 is 1.92 bits per heavy atom. The lowest BCUT2D eigenvalue weighted by atomic mass is 10.1. The first kappa shape index (κ1) is 16.1. The molecular formula is C19H20N2O3. The Labute approximate surface area is 140 Å². The fourth-order valence-corrected chi connectivity index (χ4v) is 2.39. The highest BCUT2D eigenvalue weighted by Crippen LogP contribution is 2.18. The van der Waals surface area contributed by atoms with Crippen molar-refractivity contribution < 1.29 is 13.9 Å². The molecule has 0 saturated heterocycles. The predicted octanol–water partition coefficient (Wildman–Crippen LogP) is 4.16. The maximum Gasteiger partial charge on any atom is 0.319 e.